The van der Waals surface area contributed by atoms with E-state index >= 15 is 0 Å². The van der Waals surface area contributed by atoms with Crippen LogP contribution in [0.15, 0.2) is 54.1 Å². The van der Waals surface area contributed by atoms with Crippen LogP contribution < -0.4 is 19.7 Å². The lowest BCUT2D eigenvalue weighted by atomic mass is 10.0. The summed E-state index contributed by atoms with van der Waals surface area (Å²) >= 11 is 14.4. The molecular weight excluding hydrogens is 642 g/mol. The van der Waals surface area contributed by atoms with Crippen LogP contribution in [0.5, 0.6) is 11.5 Å². The Morgan fingerprint density at radius 3 is 2.45 bits per heavy atom. The molecule has 0 saturated carbocycles. The Labute approximate surface area is 243 Å². The van der Waals surface area contributed by atoms with E-state index < -0.39 is 17.8 Å². The fourth-order valence-electron chi connectivity index (χ4n) is 3.96. The van der Waals surface area contributed by atoms with Gasteiger partial charge in [-0.2, -0.15) is 0 Å². The number of hydrogen-bond acceptors (Lipinski definition) is 5. The molecule has 3 aromatic rings. The Bertz CT molecular complexity index is 1490. The van der Waals surface area contributed by atoms with Crippen molar-refractivity contribution >= 4 is 75.4 Å². The second-order valence-electron chi connectivity index (χ2n) is 8.54. The van der Waals surface area contributed by atoms with E-state index in [1.165, 1.54) is 6.08 Å². The Morgan fingerprint density at radius 1 is 1.00 bits per heavy atom. The predicted molar refractivity (Wildman–Crippen MR) is 156 cm³/mol. The van der Waals surface area contributed by atoms with Crippen molar-refractivity contribution < 1.29 is 23.9 Å². The number of rotatable bonds is 7. The summed E-state index contributed by atoms with van der Waals surface area (Å²) in [7, 11) is 0. The summed E-state index contributed by atoms with van der Waals surface area (Å²) in [4.78, 5) is 39.6. The maximum atomic E-state index is 13.4. The van der Waals surface area contributed by atoms with Crippen molar-refractivity contribution in [2.75, 3.05) is 11.5 Å². The first-order valence-corrected chi connectivity index (χ1v) is 13.4. The molecule has 1 aliphatic rings. The van der Waals surface area contributed by atoms with Gasteiger partial charge in [0.25, 0.3) is 11.8 Å². The first-order valence-electron chi connectivity index (χ1n) is 11.6. The summed E-state index contributed by atoms with van der Waals surface area (Å²) in [5, 5.41) is 3.27. The second kappa shape index (κ2) is 11.8. The average Bonchev–Trinajstić information content (AvgIpc) is 2.83. The summed E-state index contributed by atoms with van der Waals surface area (Å²) in [6, 6.07) is 13.1. The number of carbonyl (C=O) groups excluding carboxylic acids is 3. The zero-order valence-electron chi connectivity index (χ0n) is 20.7. The number of nitrogens with one attached hydrogen (secondary N) is 1. The van der Waals surface area contributed by atoms with Crippen LogP contribution in [0.25, 0.3) is 6.08 Å². The largest absolute Gasteiger partial charge is 0.490 e. The number of ether oxygens (including phenoxy) is 2. The molecule has 0 unspecified atom stereocenters. The standard InChI is InChI=1S/C28H23Cl2IN2O5/c1-4-37-24-12-17(11-22(31)25(24)38-14-18-6-7-19(29)13-21(18)30)10-20-26(34)32-28(36)33(27(20)35)23-8-5-15(2)9-16(23)3/h5-13H,4,14H2,1-3H3,(H,32,34,36)/b20-10+. The number of imide groups is 2. The van der Waals surface area contributed by atoms with E-state index in [1.807, 2.05) is 19.9 Å². The van der Waals surface area contributed by atoms with Crippen molar-refractivity contribution in [1.29, 1.82) is 0 Å². The molecule has 0 spiro atoms. The fourth-order valence-corrected chi connectivity index (χ4v) is 5.21. The van der Waals surface area contributed by atoms with Crippen LogP contribution >= 0.6 is 45.8 Å². The van der Waals surface area contributed by atoms with Gasteiger partial charge in [-0.25, -0.2) is 9.69 Å². The monoisotopic (exact) mass is 664 g/mol. The SMILES string of the molecule is CCOc1cc(/C=C2\C(=O)NC(=O)N(c3ccc(C)cc3C)C2=O)cc(I)c1OCc1ccc(Cl)cc1Cl. The van der Waals surface area contributed by atoms with E-state index in [1.54, 1.807) is 49.4 Å². The van der Waals surface area contributed by atoms with Crippen LogP contribution in [0.2, 0.25) is 10.0 Å². The number of hydrogen-bond donors (Lipinski definition) is 1. The van der Waals surface area contributed by atoms with Gasteiger partial charge in [0.05, 0.1) is 15.9 Å². The second-order valence-corrected chi connectivity index (χ2v) is 10.5. The molecule has 38 heavy (non-hydrogen) atoms. The van der Waals surface area contributed by atoms with Gasteiger partial charge in [0.1, 0.15) is 12.2 Å². The van der Waals surface area contributed by atoms with Crippen LogP contribution in [-0.4, -0.2) is 24.5 Å². The van der Waals surface area contributed by atoms with Crippen molar-refractivity contribution in [2.45, 2.75) is 27.4 Å². The van der Waals surface area contributed by atoms with Gasteiger partial charge >= 0.3 is 6.03 Å². The molecule has 0 bridgehead atoms. The highest BCUT2D eigenvalue weighted by molar-refractivity contribution is 14.1. The predicted octanol–water partition coefficient (Wildman–Crippen LogP) is 6.86. The highest BCUT2D eigenvalue weighted by atomic mass is 127. The van der Waals surface area contributed by atoms with E-state index in [0.717, 1.165) is 21.6 Å². The van der Waals surface area contributed by atoms with Crippen molar-refractivity contribution in [3.05, 3.63) is 90.0 Å². The van der Waals surface area contributed by atoms with E-state index in [4.69, 9.17) is 32.7 Å². The number of carbonyl (C=O) groups is 3. The summed E-state index contributed by atoms with van der Waals surface area (Å²) in [6.45, 7) is 6.10. The molecule has 1 N–H and O–H groups in total. The molecule has 3 aromatic carbocycles. The first kappa shape index (κ1) is 27.9. The minimum Gasteiger partial charge on any atom is -0.490 e. The molecule has 0 radical (unpaired) electrons. The highest BCUT2D eigenvalue weighted by Gasteiger charge is 2.37. The van der Waals surface area contributed by atoms with Crippen molar-refractivity contribution in [3.63, 3.8) is 0 Å². The van der Waals surface area contributed by atoms with Crippen LogP contribution in [0.3, 0.4) is 0 Å². The summed E-state index contributed by atoms with van der Waals surface area (Å²) in [6.07, 6.45) is 1.44. The van der Waals surface area contributed by atoms with E-state index in [-0.39, 0.29) is 12.2 Å². The molecule has 0 aromatic heterocycles. The van der Waals surface area contributed by atoms with E-state index in [9.17, 15) is 14.4 Å². The number of benzene rings is 3. The maximum absolute atomic E-state index is 13.4. The maximum Gasteiger partial charge on any atom is 0.335 e. The number of nitrogens with zero attached hydrogens (tertiary/aromatic N) is 1. The van der Waals surface area contributed by atoms with Gasteiger partial charge in [-0.3, -0.25) is 14.9 Å². The number of aryl methyl sites for hydroxylation is 2. The summed E-state index contributed by atoms with van der Waals surface area (Å²) in [5.74, 6) is -0.558. The van der Waals surface area contributed by atoms with Gasteiger partial charge in [-0.15, -0.1) is 0 Å². The Balaban J connectivity index is 1.67. The van der Waals surface area contributed by atoms with Gasteiger partial charge in [0, 0.05) is 15.6 Å². The summed E-state index contributed by atoms with van der Waals surface area (Å²) < 4.78 is 12.5. The average molecular weight is 665 g/mol. The topological polar surface area (TPSA) is 84.9 Å². The lowest BCUT2D eigenvalue weighted by Crippen LogP contribution is -2.54. The lowest BCUT2D eigenvalue weighted by molar-refractivity contribution is -0.122. The highest BCUT2D eigenvalue weighted by Crippen LogP contribution is 2.36. The van der Waals surface area contributed by atoms with E-state index in [0.29, 0.717) is 43.0 Å². The Morgan fingerprint density at radius 2 is 1.76 bits per heavy atom. The molecule has 0 atom stereocenters. The number of anilines is 1. The van der Waals surface area contributed by atoms with Crippen LogP contribution in [0.4, 0.5) is 10.5 Å². The zero-order chi connectivity index (χ0) is 27.6. The molecule has 1 saturated heterocycles. The molecule has 10 heteroatoms. The van der Waals surface area contributed by atoms with Crippen LogP contribution in [0, 0.1) is 17.4 Å². The van der Waals surface area contributed by atoms with Gasteiger partial charge in [-0.1, -0.05) is 47.0 Å². The van der Waals surface area contributed by atoms with Crippen LogP contribution in [0.1, 0.15) is 29.2 Å². The third-order valence-corrected chi connectivity index (χ3v) is 7.11. The Hall–Kier alpha value is -3.08. The van der Waals surface area contributed by atoms with Gasteiger partial charge in [0.15, 0.2) is 11.5 Å². The number of barbiturate groups is 1. The van der Waals surface area contributed by atoms with Gasteiger partial charge in [-0.05, 0) is 90.9 Å². The third-order valence-electron chi connectivity index (χ3n) is 5.72. The number of halogens is 3. The fraction of sp³-hybridized carbons (Fsp3) is 0.179. The van der Waals surface area contributed by atoms with Gasteiger partial charge in [0.2, 0.25) is 0 Å². The molecule has 1 aliphatic heterocycles. The van der Waals surface area contributed by atoms with Gasteiger partial charge < -0.3 is 9.47 Å². The number of urea groups is 1. The Kier molecular flexibility index (Phi) is 8.64. The minimum absolute atomic E-state index is 0.176. The molecule has 7 nitrogen and oxygen atoms in total. The zero-order valence-corrected chi connectivity index (χ0v) is 24.4. The quantitative estimate of drug-likeness (QED) is 0.170. The first-order chi connectivity index (χ1) is 18.1. The molecule has 1 heterocycles. The van der Waals surface area contributed by atoms with Crippen molar-refractivity contribution in [1.82, 2.24) is 5.32 Å². The molecule has 4 amide bonds. The third kappa shape index (κ3) is 5.98. The molecule has 196 valence electrons. The van der Waals surface area contributed by atoms with E-state index in [2.05, 4.69) is 27.9 Å². The molecule has 4 rings (SSSR count). The summed E-state index contributed by atoms with van der Waals surface area (Å²) in [5.41, 5.74) is 3.23. The molecule has 0 aliphatic carbocycles. The molecule has 1 fully saturated rings. The molecular formula is C28H23Cl2IN2O5. The van der Waals surface area contributed by atoms with Crippen LogP contribution in [-0.2, 0) is 16.2 Å². The normalized spacial score (nSPS) is 14.6. The smallest absolute Gasteiger partial charge is 0.335 e. The van der Waals surface area contributed by atoms with Crippen molar-refractivity contribution in [2.24, 2.45) is 0 Å². The number of amides is 4. The van der Waals surface area contributed by atoms with Crippen molar-refractivity contribution in [3.8, 4) is 11.5 Å². The minimum atomic E-state index is -0.793. The lowest BCUT2D eigenvalue weighted by Gasteiger charge is -2.27.